The molecule has 82 valence electrons. The highest BCUT2D eigenvalue weighted by atomic mass is 15.0. The molecular weight excluding hydrogens is 200 g/mol. The summed E-state index contributed by atoms with van der Waals surface area (Å²) in [5.41, 5.74) is 9.20. The number of imidazole rings is 1. The molecule has 0 bridgehead atoms. The number of nitriles is 1. The highest BCUT2D eigenvalue weighted by molar-refractivity contribution is 5.51. The average Bonchev–Trinajstić information content (AvgIpc) is 2.58. The Kier molecular flexibility index (Phi) is 2.53. The number of aromatic nitrogens is 2. The second-order valence-electron chi connectivity index (χ2n) is 4.12. The largest absolute Gasteiger partial charge is 0.398 e. The third kappa shape index (κ3) is 1.61. The van der Waals surface area contributed by atoms with E-state index in [4.69, 9.17) is 11.0 Å². The van der Waals surface area contributed by atoms with Crippen molar-refractivity contribution in [2.45, 2.75) is 26.2 Å². The van der Waals surface area contributed by atoms with Crippen molar-refractivity contribution in [1.29, 1.82) is 5.26 Å². The van der Waals surface area contributed by atoms with Crippen LogP contribution in [0.3, 0.4) is 0 Å². The van der Waals surface area contributed by atoms with E-state index in [1.54, 1.807) is 0 Å². The Balaban J connectivity index is 2.73. The van der Waals surface area contributed by atoms with Crippen molar-refractivity contribution in [2.24, 2.45) is 0 Å². The van der Waals surface area contributed by atoms with Gasteiger partial charge in [0.25, 0.3) is 0 Å². The molecule has 0 aliphatic heterocycles. The fourth-order valence-corrected chi connectivity index (χ4v) is 1.84. The number of fused-ring (bicyclic) bond motifs is 1. The lowest BCUT2D eigenvalue weighted by atomic mass is 10.1. The van der Waals surface area contributed by atoms with Gasteiger partial charge in [-0.15, -0.1) is 0 Å². The van der Waals surface area contributed by atoms with Gasteiger partial charge in [-0.25, -0.2) is 4.98 Å². The first-order chi connectivity index (χ1) is 7.63. The number of hydrogen-bond donors (Lipinski definition) is 1. The van der Waals surface area contributed by atoms with Gasteiger partial charge in [-0.05, 0) is 18.1 Å². The summed E-state index contributed by atoms with van der Waals surface area (Å²) in [5.74, 6) is 0.310. The van der Waals surface area contributed by atoms with E-state index in [0.29, 0.717) is 18.0 Å². The maximum Gasteiger partial charge on any atom is 0.137 e. The number of nitrogens with zero attached hydrogens (tertiary/aromatic N) is 3. The molecule has 2 heterocycles. The summed E-state index contributed by atoms with van der Waals surface area (Å²) >= 11 is 0. The Hall–Kier alpha value is -2.02. The Morgan fingerprint density at radius 1 is 1.50 bits per heavy atom. The molecule has 16 heavy (non-hydrogen) atoms. The van der Waals surface area contributed by atoms with Gasteiger partial charge in [0.1, 0.15) is 5.65 Å². The van der Waals surface area contributed by atoms with Crippen molar-refractivity contribution < 1.29 is 0 Å². The monoisotopic (exact) mass is 214 g/mol. The van der Waals surface area contributed by atoms with Gasteiger partial charge >= 0.3 is 0 Å². The molecule has 2 aromatic rings. The van der Waals surface area contributed by atoms with Crippen molar-refractivity contribution in [1.82, 2.24) is 9.38 Å². The predicted molar refractivity (Wildman–Crippen MR) is 63.0 cm³/mol. The maximum absolute atomic E-state index is 8.85. The molecule has 0 fully saturated rings. The van der Waals surface area contributed by atoms with Gasteiger partial charge < -0.3 is 10.1 Å². The normalized spacial score (nSPS) is 10.9. The van der Waals surface area contributed by atoms with Crippen LogP contribution in [0.5, 0.6) is 0 Å². The van der Waals surface area contributed by atoms with Crippen molar-refractivity contribution in [3.8, 4) is 6.07 Å². The first-order valence-electron chi connectivity index (χ1n) is 5.26. The van der Waals surface area contributed by atoms with Crippen LogP contribution in [0.2, 0.25) is 0 Å². The van der Waals surface area contributed by atoms with Crippen molar-refractivity contribution in [2.75, 3.05) is 5.73 Å². The number of nitrogen functional groups attached to an aromatic ring is 1. The van der Waals surface area contributed by atoms with Crippen LogP contribution >= 0.6 is 0 Å². The third-order valence-corrected chi connectivity index (χ3v) is 2.56. The van der Waals surface area contributed by atoms with E-state index in [9.17, 15) is 0 Å². The number of pyridine rings is 1. The SMILES string of the molecule is CC(C)c1nc2ccc(N)cn2c1CC#N. The molecule has 2 rings (SSSR count). The number of anilines is 1. The van der Waals surface area contributed by atoms with E-state index in [2.05, 4.69) is 24.9 Å². The quantitative estimate of drug-likeness (QED) is 0.832. The molecule has 0 aliphatic carbocycles. The summed E-state index contributed by atoms with van der Waals surface area (Å²) in [4.78, 5) is 4.53. The van der Waals surface area contributed by atoms with Crippen LogP contribution in [0.4, 0.5) is 5.69 Å². The van der Waals surface area contributed by atoms with Gasteiger partial charge in [-0.3, -0.25) is 0 Å². The van der Waals surface area contributed by atoms with E-state index < -0.39 is 0 Å². The highest BCUT2D eigenvalue weighted by Gasteiger charge is 2.14. The molecule has 0 saturated heterocycles. The maximum atomic E-state index is 8.85. The number of rotatable bonds is 2. The van der Waals surface area contributed by atoms with Gasteiger partial charge in [0.2, 0.25) is 0 Å². The van der Waals surface area contributed by atoms with E-state index in [-0.39, 0.29) is 0 Å². The van der Waals surface area contributed by atoms with Gasteiger partial charge in [0.15, 0.2) is 0 Å². The minimum absolute atomic E-state index is 0.310. The van der Waals surface area contributed by atoms with Gasteiger partial charge in [0.05, 0.1) is 23.9 Å². The Morgan fingerprint density at radius 2 is 2.25 bits per heavy atom. The molecule has 0 amide bonds. The molecule has 2 N–H and O–H groups in total. The summed E-state index contributed by atoms with van der Waals surface area (Å²) in [6.07, 6.45) is 2.18. The minimum Gasteiger partial charge on any atom is -0.398 e. The number of nitrogens with two attached hydrogens (primary N) is 1. The third-order valence-electron chi connectivity index (χ3n) is 2.56. The molecule has 0 radical (unpaired) electrons. The van der Waals surface area contributed by atoms with Crippen LogP contribution in [0.15, 0.2) is 18.3 Å². The molecule has 4 heteroatoms. The molecular formula is C12H14N4. The average molecular weight is 214 g/mol. The lowest BCUT2D eigenvalue weighted by molar-refractivity contribution is 0.814. The summed E-state index contributed by atoms with van der Waals surface area (Å²) in [5, 5.41) is 8.85. The molecule has 0 spiro atoms. The van der Waals surface area contributed by atoms with Crippen LogP contribution in [0.1, 0.15) is 31.2 Å². The zero-order chi connectivity index (χ0) is 11.7. The molecule has 4 nitrogen and oxygen atoms in total. The van der Waals surface area contributed by atoms with Gasteiger partial charge in [0, 0.05) is 11.9 Å². The summed E-state index contributed by atoms with van der Waals surface area (Å²) < 4.78 is 1.91. The zero-order valence-corrected chi connectivity index (χ0v) is 9.44. The second kappa shape index (κ2) is 3.86. The Morgan fingerprint density at radius 3 is 2.88 bits per heavy atom. The van der Waals surface area contributed by atoms with Gasteiger partial charge in [-0.1, -0.05) is 13.8 Å². The summed E-state index contributed by atoms with van der Waals surface area (Å²) in [7, 11) is 0. The van der Waals surface area contributed by atoms with Crippen LogP contribution < -0.4 is 5.73 Å². The highest BCUT2D eigenvalue weighted by Crippen LogP contribution is 2.22. The lowest BCUT2D eigenvalue weighted by Gasteiger charge is -2.03. The zero-order valence-electron chi connectivity index (χ0n) is 9.44. The standard InChI is InChI=1S/C12H14N4/c1-8(2)12-10(5-6-13)16-7-9(14)3-4-11(16)15-12/h3-4,7-8H,5,14H2,1-2H3. The predicted octanol–water partition coefficient (Wildman–Crippen LogP) is 2.11. The van der Waals surface area contributed by atoms with E-state index in [0.717, 1.165) is 17.0 Å². The van der Waals surface area contributed by atoms with Crippen LogP contribution in [-0.4, -0.2) is 9.38 Å². The fourth-order valence-electron chi connectivity index (χ4n) is 1.84. The van der Waals surface area contributed by atoms with E-state index >= 15 is 0 Å². The fraction of sp³-hybridized carbons (Fsp3) is 0.333. The topological polar surface area (TPSA) is 67.1 Å². The summed E-state index contributed by atoms with van der Waals surface area (Å²) in [6, 6.07) is 5.87. The minimum atomic E-state index is 0.310. The van der Waals surface area contributed by atoms with Crippen molar-refractivity contribution >= 4 is 11.3 Å². The Bertz CT molecular complexity index is 560. The molecule has 2 aromatic heterocycles. The Labute approximate surface area is 94.3 Å². The van der Waals surface area contributed by atoms with E-state index in [1.807, 2.05) is 22.7 Å². The molecule has 0 aliphatic rings. The number of hydrogen-bond acceptors (Lipinski definition) is 3. The first kappa shape index (κ1) is 10.5. The van der Waals surface area contributed by atoms with Crippen LogP contribution in [-0.2, 0) is 6.42 Å². The molecule has 0 atom stereocenters. The first-order valence-corrected chi connectivity index (χ1v) is 5.26. The second-order valence-corrected chi connectivity index (χ2v) is 4.12. The lowest BCUT2D eigenvalue weighted by Crippen LogP contribution is -1.98. The summed E-state index contributed by atoms with van der Waals surface area (Å²) in [6.45, 7) is 4.15. The van der Waals surface area contributed by atoms with E-state index in [1.165, 1.54) is 0 Å². The smallest absolute Gasteiger partial charge is 0.137 e. The van der Waals surface area contributed by atoms with Gasteiger partial charge in [-0.2, -0.15) is 5.26 Å². The molecule has 0 saturated carbocycles. The van der Waals surface area contributed by atoms with Crippen molar-refractivity contribution in [3.05, 3.63) is 29.7 Å². The van der Waals surface area contributed by atoms with Crippen LogP contribution in [0, 0.1) is 11.3 Å². The molecule has 0 aromatic carbocycles. The molecule has 0 unspecified atom stereocenters. The van der Waals surface area contributed by atoms with Crippen molar-refractivity contribution in [3.63, 3.8) is 0 Å². The van der Waals surface area contributed by atoms with Crippen LogP contribution in [0.25, 0.3) is 5.65 Å².